The molecule has 0 aromatic rings. The molecule has 2 nitrogen and oxygen atoms in total. The quantitative estimate of drug-likeness (QED) is 0.423. The van der Waals surface area contributed by atoms with Crippen molar-refractivity contribution in [3.8, 4) is 0 Å². The molecule has 3 heteroatoms. The van der Waals surface area contributed by atoms with E-state index in [9.17, 15) is 0 Å². The maximum absolute atomic E-state index is 5.63. The Kier molecular flexibility index (Phi) is 6.08. The van der Waals surface area contributed by atoms with Crippen LogP contribution in [-0.4, -0.2) is 18.1 Å². The summed E-state index contributed by atoms with van der Waals surface area (Å²) in [5.74, 6) is 2.05. The second-order valence-corrected chi connectivity index (χ2v) is 4.52. The van der Waals surface area contributed by atoms with Crippen LogP contribution >= 0.6 is 12.6 Å². The second kappa shape index (κ2) is 7.16. The fourth-order valence-electron chi connectivity index (χ4n) is 2.02. The predicted octanol–water partition coefficient (Wildman–Crippen LogP) is 2.63. The van der Waals surface area contributed by atoms with Crippen molar-refractivity contribution in [2.75, 3.05) is 12.3 Å². The van der Waals surface area contributed by atoms with Crippen molar-refractivity contribution in [3.05, 3.63) is 0 Å². The molecule has 1 fully saturated rings. The molecule has 0 atom stereocenters. The number of nitrogens with two attached hydrogens (primary N) is 1. The van der Waals surface area contributed by atoms with Gasteiger partial charge in [0.25, 0.3) is 0 Å². The fraction of sp³-hybridized carbons (Fsp3) is 0.909. The largest absolute Gasteiger partial charge is 0.387 e. The van der Waals surface area contributed by atoms with Crippen molar-refractivity contribution >= 4 is 18.5 Å². The van der Waals surface area contributed by atoms with Crippen molar-refractivity contribution in [1.29, 1.82) is 0 Å². The van der Waals surface area contributed by atoms with Crippen LogP contribution in [0.5, 0.6) is 0 Å². The first-order valence-corrected chi connectivity index (χ1v) is 6.36. The van der Waals surface area contributed by atoms with Gasteiger partial charge in [-0.2, -0.15) is 12.6 Å². The summed E-state index contributed by atoms with van der Waals surface area (Å²) in [6.07, 6.45) is 9.66. The van der Waals surface area contributed by atoms with Crippen molar-refractivity contribution < 1.29 is 0 Å². The molecule has 82 valence electrons. The van der Waals surface area contributed by atoms with Gasteiger partial charge in [0.15, 0.2) is 0 Å². The fourth-order valence-corrected chi connectivity index (χ4v) is 2.12. The molecular formula is C11H22N2S. The minimum Gasteiger partial charge on any atom is -0.387 e. The Balaban J connectivity index is 2.26. The number of rotatable bonds is 3. The van der Waals surface area contributed by atoms with E-state index < -0.39 is 0 Å². The first-order valence-electron chi connectivity index (χ1n) is 5.72. The molecule has 0 radical (unpaired) electrons. The van der Waals surface area contributed by atoms with Gasteiger partial charge in [0, 0.05) is 12.3 Å². The molecule has 0 heterocycles. The smallest absolute Gasteiger partial charge is 0.103 e. The molecule has 0 saturated heterocycles. The average Bonchev–Trinajstić information content (AvgIpc) is 2.15. The maximum Gasteiger partial charge on any atom is 0.103 e. The third-order valence-electron chi connectivity index (χ3n) is 2.94. The number of aliphatic imine (C=N–C) groups is 1. The van der Waals surface area contributed by atoms with Crippen molar-refractivity contribution in [2.45, 2.75) is 44.9 Å². The Labute approximate surface area is 92.8 Å². The van der Waals surface area contributed by atoms with Crippen LogP contribution in [0, 0.1) is 5.92 Å². The molecule has 1 aliphatic carbocycles. The zero-order valence-electron chi connectivity index (χ0n) is 8.91. The van der Waals surface area contributed by atoms with Crippen molar-refractivity contribution in [1.82, 2.24) is 0 Å². The molecule has 14 heavy (non-hydrogen) atoms. The average molecular weight is 214 g/mol. The normalized spacial score (nSPS) is 21.6. The summed E-state index contributed by atoms with van der Waals surface area (Å²) in [5.41, 5.74) is 5.63. The lowest BCUT2D eigenvalue weighted by Crippen LogP contribution is -2.16. The lowest BCUT2D eigenvalue weighted by atomic mass is 9.91. The van der Waals surface area contributed by atoms with Crippen LogP contribution in [0.25, 0.3) is 0 Å². The minimum absolute atomic E-state index is 0.590. The van der Waals surface area contributed by atoms with E-state index in [-0.39, 0.29) is 0 Å². The monoisotopic (exact) mass is 214 g/mol. The van der Waals surface area contributed by atoms with Gasteiger partial charge in [-0.25, -0.2) is 0 Å². The van der Waals surface area contributed by atoms with Gasteiger partial charge in [0.2, 0.25) is 0 Å². The Hall–Kier alpha value is -0.180. The highest BCUT2D eigenvalue weighted by molar-refractivity contribution is 7.81. The number of nitrogens with zero attached hydrogens (tertiary/aromatic N) is 1. The van der Waals surface area contributed by atoms with E-state index in [4.69, 9.17) is 5.73 Å². The summed E-state index contributed by atoms with van der Waals surface area (Å²) < 4.78 is 0. The van der Waals surface area contributed by atoms with Crippen LogP contribution in [0.15, 0.2) is 4.99 Å². The highest BCUT2D eigenvalue weighted by Crippen LogP contribution is 2.22. The van der Waals surface area contributed by atoms with E-state index in [0.717, 1.165) is 12.5 Å². The molecule has 0 spiro atoms. The molecular weight excluding hydrogens is 192 g/mol. The van der Waals surface area contributed by atoms with Gasteiger partial charge in [-0.05, 0) is 18.8 Å². The van der Waals surface area contributed by atoms with Crippen LogP contribution < -0.4 is 5.73 Å². The molecule has 2 N–H and O–H groups in total. The highest BCUT2D eigenvalue weighted by atomic mass is 32.1. The Morgan fingerprint density at radius 2 is 1.71 bits per heavy atom. The second-order valence-electron chi connectivity index (χ2n) is 4.20. The first kappa shape index (κ1) is 11.9. The summed E-state index contributed by atoms with van der Waals surface area (Å²) in [6, 6.07) is 0. The lowest BCUT2D eigenvalue weighted by molar-refractivity contribution is 0.386. The number of amidine groups is 1. The van der Waals surface area contributed by atoms with Crippen LogP contribution in [0.4, 0.5) is 0 Å². The molecule has 0 aromatic heterocycles. The van der Waals surface area contributed by atoms with Gasteiger partial charge in [-0.3, -0.25) is 4.99 Å². The Bertz CT molecular complexity index is 172. The van der Waals surface area contributed by atoms with Gasteiger partial charge >= 0.3 is 0 Å². The molecule has 1 aliphatic rings. The van der Waals surface area contributed by atoms with Crippen LogP contribution in [0.3, 0.4) is 0 Å². The van der Waals surface area contributed by atoms with E-state index in [1.54, 1.807) is 0 Å². The SMILES string of the molecule is NC(CS)=NCC1CCCCCCC1. The minimum atomic E-state index is 0.590. The van der Waals surface area contributed by atoms with Crippen LogP contribution in [0.2, 0.25) is 0 Å². The van der Waals surface area contributed by atoms with E-state index in [1.165, 1.54) is 44.9 Å². The highest BCUT2D eigenvalue weighted by Gasteiger charge is 2.10. The number of hydrogen-bond donors (Lipinski definition) is 2. The summed E-state index contributed by atoms with van der Waals surface area (Å²) in [7, 11) is 0. The third kappa shape index (κ3) is 4.89. The molecule has 0 amide bonds. The van der Waals surface area contributed by atoms with Gasteiger partial charge < -0.3 is 5.73 Å². The summed E-state index contributed by atoms with van der Waals surface area (Å²) in [4.78, 5) is 4.36. The Morgan fingerprint density at radius 3 is 2.29 bits per heavy atom. The van der Waals surface area contributed by atoms with Gasteiger partial charge in [-0.1, -0.05) is 32.1 Å². The molecule has 0 unspecified atom stereocenters. The van der Waals surface area contributed by atoms with Crippen molar-refractivity contribution in [2.24, 2.45) is 16.6 Å². The van der Waals surface area contributed by atoms with E-state index in [2.05, 4.69) is 17.6 Å². The van der Waals surface area contributed by atoms with E-state index in [1.807, 2.05) is 0 Å². The Morgan fingerprint density at radius 1 is 1.14 bits per heavy atom. The molecule has 1 rings (SSSR count). The predicted molar refractivity (Wildman–Crippen MR) is 66.2 cm³/mol. The molecule has 1 saturated carbocycles. The molecule has 0 aromatic carbocycles. The third-order valence-corrected chi connectivity index (χ3v) is 3.26. The number of thiol groups is 1. The zero-order chi connectivity index (χ0) is 10.2. The summed E-state index contributed by atoms with van der Waals surface area (Å²) in [5, 5.41) is 0. The van der Waals surface area contributed by atoms with Crippen LogP contribution in [-0.2, 0) is 0 Å². The zero-order valence-corrected chi connectivity index (χ0v) is 9.81. The first-order chi connectivity index (χ1) is 6.83. The van der Waals surface area contributed by atoms with Crippen LogP contribution in [0.1, 0.15) is 44.9 Å². The van der Waals surface area contributed by atoms with Crippen molar-refractivity contribution in [3.63, 3.8) is 0 Å². The lowest BCUT2D eigenvalue weighted by Gasteiger charge is -2.17. The summed E-state index contributed by atoms with van der Waals surface area (Å²) in [6.45, 7) is 0.923. The molecule has 0 bridgehead atoms. The molecule has 0 aliphatic heterocycles. The topological polar surface area (TPSA) is 38.4 Å². The summed E-state index contributed by atoms with van der Waals surface area (Å²) >= 11 is 4.10. The van der Waals surface area contributed by atoms with Gasteiger partial charge in [0.05, 0.1) is 0 Å². The standard InChI is InChI=1S/C11H22N2S/c12-11(9-14)13-8-10-6-4-2-1-3-5-7-10/h10,14H,1-9H2,(H2,12,13). The number of hydrogen-bond acceptors (Lipinski definition) is 2. The van der Waals surface area contributed by atoms with Gasteiger partial charge in [-0.15, -0.1) is 0 Å². The van der Waals surface area contributed by atoms with Gasteiger partial charge in [0.1, 0.15) is 5.84 Å². The maximum atomic E-state index is 5.63. The van der Waals surface area contributed by atoms with E-state index in [0.29, 0.717) is 11.6 Å². The van der Waals surface area contributed by atoms with E-state index >= 15 is 0 Å².